The number of amides is 1. The zero-order valence-electron chi connectivity index (χ0n) is 10.2. The molecule has 0 heterocycles. The first-order chi connectivity index (χ1) is 7.17. The zero-order valence-corrected chi connectivity index (χ0v) is 10.2. The first-order valence-electron chi connectivity index (χ1n) is 4.93. The summed E-state index contributed by atoms with van der Waals surface area (Å²) >= 11 is 0. The Morgan fingerprint density at radius 1 is 1.31 bits per heavy atom. The molecule has 0 aliphatic heterocycles. The number of hydrogen-bond acceptors (Lipinski definition) is 5. The Bertz CT molecular complexity index is 256. The number of aliphatic hydroxyl groups excluding tert-OH is 1. The SMILES string of the molecule is COC(=O)[C@H](NC(=O)OC(C)(C)C)C(C)O. The highest BCUT2D eigenvalue weighted by atomic mass is 16.6. The Morgan fingerprint density at radius 3 is 2.12 bits per heavy atom. The minimum atomic E-state index is -1.13. The van der Waals surface area contributed by atoms with Gasteiger partial charge in [0.05, 0.1) is 13.2 Å². The number of methoxy groups -OCH3 is 1. The lowest BCUT2D eigenvalue weighted by Crippen LogP contribution is -2.49. The second-order valence-electron chi connectivity index (χ2n) is 4.39. The second kappa shape index (κ2) is 5.69. The number of esters is 1. The molecule has 0 aliphatic rings. The fourth-order valence-electron chi connectivity index (χ4n) is 0.938. The molecule has 0 fully saturated rings. The normalized spacial score (nSPS) is 14.9. The number of ether oxygens (including phenoxy) is 2. The summed E-state index contributed by atoms with van der Waals surface area (Å²) < 4.78 is 9.38. The fraction of sp³-hybridized carbons (Fsp3) is 0.800. The van der Waals surface area contributed by atoms with Gasteiger partial charge in [0.25, 0.3) is 0 Å². The molecule has 16 heavy (non-hydrogen) atoms. The molecule has 0 aromatic rings. The van der Waals surface area contributed by atoms with Crippen molar-refractivity contribution in [2.24, 2.45) is 0 Å². The van der Waals surface area contributed by atoms with E-state index < -0.39 is 29.8 Å². The molecule has 6 heteroatoms. The third-order valence-corrected chi connectivity index (χ3v) is 1.61. The molecule has 0 spiro atoms. The fourth-order valence-corrected chi connectivity index (χ4v) is 0.938. The van der Waals surface area contributed by atoms with Gasteiger partial charge in [-0.25, -0.2) is 9.59 Å². The van der Waals surface area contributed by atoms with Crippen molar-refractivity contribution in [3.8, 4) is 0 Å². The number of nitrogens with one attached hydrogen (secondary N) is 1. The Kier molecular flexibility index (Phi) is 5.23. The third-order valence-electron chi connectivity index (χ3n) is 1.61. The molecule has 1 unspecified atom stereocenters. The van der Waals surface area contributed by atoms with Gasteiger partial charge in [-0.1, -0.05) is 0 Å². The number of rotatable bonds is 3. The van der Waals surface area contributed by atoms with Crippen LogP contribution in [-0.2, 0) is 14.3 Å². The molecule has 2 N–H and O–H groups in total. The van der Waals surface area contributed by atoms with Crippen molar-refractivity contribution >= 4 is 12.1 Å². The summed E-state index contributed by atoms with van der Waals surface area (Å²) in [5.74, 6) is -0.721. The van der Waals surface area contributed by atoms with E-state index in [2.05, 4.69) is 10.1 Å². The molecule has 0 saturated heterocycles. The first-order valence-corrected chi connectivity index (χ1v) is 4.93. The van der Waals surface area contributed by atoms with Crippen molar-refractivity contribution in [3.05, 3.63) is 0 Å². The summed E-state index contributed by atoms with van der Waals surface area (Å²) in [6.07, 6.45) is -1.83. The Morgan fingerprint density at radius 2 is 1.81 bits per heavy atom. The van der Waals surface area contributed by atoms with E-state index in [0.29, 0.717) is 0 Å². The predicted molar refractivity (Wildman–Crippen MR) is 56.9 cm³/mol. The van der Waals surface area contributed by atoms with Crippen molar-refractivity contribution in [2.75, 3.05) is 7.11 Å². The van der Waals surface area contributed by atoms with Gasteiger partial charge in [-0.3, -0.25) is 0 Å². The molecule has 0 radical (unpaired) electrons. The van der Waals surface area contributed by atoms with E-state index in [1.165, 1.54) is 14.0 Å². The highest BCUT2D eigenvalue weighted by Gasteiger charge is 2.28. The molecule has 0 aromatic heterocycles. The minimum absolute atomic E-state index is 0.663. The average Bonchev–Trinajstić information content (AvgIpc) is 2.09. The van der Waals surface area contributed by atoms with E-state index in [-0.39, 0.29) is 0 Å². The Labute approximate surface area is 94.9 Å². The van der Waals surface area contributed by atoms with E-state index in [1.54, 1.807) is 20.8 Å². The predicted octanol–water partition coefficient (Wildman–Crippen LogP) is 0.433. The molecule has 0 aliphatic carbocycles. The topological polar surface area (TPSA) is 84.9 Å². The maximum atomic E-state index is 11.3. The lowest BCUT2D eigenvalue weighted by atomic mass is 10.2. The van der Waals surface area contributed by atoms with E-state index in [0.717, 1.165) is 0 Å². The van der Waals surface area contributed by atoms with E-state index in [1.807, 2.05) is 0 Å². The van der Waals surface area contributed by atoms with Crippen LogP contribution in [0.25, 0.3) is 0 Å². The Hall–Kier alpha value is -1.30. The highest BCUT2D eigenvalue weighted by Crippen LogP contribution is 2.07. The maximum absolute atomic E-state index is 11.3. The molecule has 0 saturated carbocycles. The molecule has 2 atom stereocenters. The second-order valence-corrected chi connectivity index (χ2v) is 4.39. The zero-order chi connectivity index (χ0) is 12.9. The third kappa shape index (κ3) is 5.55. The van der Waals surface area contributed by atoms with E-state index in [9.17, 15) is 14.7 Å². The average molecular weight is 233 g/mol. The smallest absolute Gasteiger partial charge is 0.408 e. The summed E-state index contributed by atoms with van der Waals surface area (Å²) in [6.45, 7) is 6.46. The van der Waals surface area contributed by atoms with Gasteiger partial charge in [0.2, 0.25) is 0 Å². The molecule has 0 rings (SSSR count). The number of carbonyl (C=O) groups is 2. The summed E-state index contributed by atoms with van der Waals surface area (Å²) in [7, 11) is 1.18. The standard InChI is InChI=1S/C10H19NO5/c1-6(12)7(8(13)15-5)11-9(14)16-10(2,3)4/h6-7,12H,1-5H3,(H,11,14)/t6?,7-/m1/s1. The van der Waals surface area contributed by atoms with Gasteiger partial charge in [0.1, 0.15) is 5.60 Å². The molecule has 0 bridgehead atoms. The van der Waals surface area contributed by atoms with Crippen LogP contribution in [0, 0.1) is 0 Å². The van der Waals surface area contributed by atoms with Gasteiger partial charge in [-0.15, -0.1) is 0 Å². The highest BCUT2D eigenvalue weighted by molar-refractivity contribution is 5.81. The number of alkyl carbamates (subject to hydrolysis) is 1. The van der Waals surface area contributed by atoms with Gasteiger partial charge in [0.15, 0.2) is 6.04 Å². The monoisotopic (exact) mass is 233 g/mol. The maximum Gasteiger partial charge on any atom is 0.408 e. The molecule has 6 nitrogen and oxygen atoms in total. The van der Waals surface area contributed by atoms with Crippen LogP contribution >= 0.6 is 0 Å². The van der Waals surface area contributed by atoms with Crippen LogP contribution in [0.1, 0.15) is 27.7 Å². The number of hydrogen-bond donors (Lipinski definition) is 2. The van der Waals surface area contributed by atoms with Gasteiger partial charge >= 0.3 is 12.1 Å². The van der Waals surface area contributed by atoms with Gasteiger partial charge < -0.3 is 19.9 Å². The first kappa shape index (κ1) is 14.7. The summed E-state index contributed by atoms with van der Waals surface area (Å²) in [5.41, 5.74) is -0.663. The lowest BCUT2D eigenvalue weighted by molar-refractivity contribution is -0.145. The van der Waals surface area contributed by atoms with Crippen molar-refractivity contribution in [1.82, 2.24) is 5.32 Å². The van der Waals surface area contributed by atoms with Crippen LogP contribution in [0.4, 0.5) is 4.79 Å². The molecule has 0 aromatic carbocycles. The molecular weight excluding hydrogens is 214 g/mol. The molecule has 1 amide bonds. The summed E-state index contributed by atoms with van der Waals surface area (Å²) in [5, 5.41) is 11.5. The summed E-state index contributed by atoms with van der Waals surface area (Å²) in [4.78, 5) is 22.5. The number of aliphatic hydroxyl groups is 1. The van der Waals surface area contributed by atoms with Crippen molar-refractivity contribution in [3.63, 3.8) is 0 Å². The minimum Gasteiger partial charge on any atom is -0.467 e. The Balaban J connectivity index is 4.42. The number of carbonyl (C=O) groups excluding carboxylic acids is 2. The van der Waals surface area contributed by atoms with Crippen LogP contribution in [-0.4, -0.2) is 42.0 Å². The van der Waals surface area contributed by atoms with Crippen LogP contribution in [0.2, 0.25) is 0 Å². The van der Waals surface area contributed by atoms with Crippen LogP contribution in [0.5, 0.6) is 0 Å². The van der Waals surface area contributed by atoms with Crippen LogP contribution in [0.15, 0.2) is 0 Å². The van der Waals surface area contributed by atoms with Gasteiger partial charge in [0, 0.05) is 0 Å². The van der Waals surface area contributed by atoms with Crippen molar-refractivity contribution in [2.45, 2.75) is 45.4 Å². The van der Waals surface area contributed by atoms with Crippen molar-refractivity contribution < 1.29 is 24.2 Å². The summed E-state index contributed by atoms with van der Waals surface area (Å²) in [6, 6.07) is -1.13. The van der Waals surface area contributed by atoms with E-state index >= 15 is 0 Å². The molecular formula is C10H19NO5. The quantitative estimate of drug-likeness (QED) is 0.691. The van der Waals surface area contributed by atoms with Crippen LogP contribution < -0.4 is 5.32 Å². The van der Waals surface area contributed by atoms with Gasteiger partial charge in [-0.05, 0) is 27.7 Å². The van der Waals surface area contributed by atoms with Crippen LogP contribution in [0.3, 0.4) is 0 Å². The molecule has 94 valence electrons. The van der Waals surface area contributed by atoms with Crippen molar-refractivity contribution in [1.29, 1.82) is 0 Å². The largest absolute Gasteiger partial charge is 0.467 e. The lowest BCUT2D eigenvalue weighted by Gasteiger charge is -2.23. The van der Waals surface area contributed by atoms with Gasteiger partial charge in [-0.2, -0.15) is 0 Å². The van der Waals surface area contributed by atoms with E-state index in [4.69, 9.17) is 4.74 Å².